The Kier molecular flexibility index (Phi) is 2.79. The SMILES string of the molecule is N#Cc1c(F)cccc1Nc1cccnc1. The topological polar surface area (TPSA) is 48.7 Å². The van der Waals surface area contributed by atoms with E-state index in [1.807, 2.05) is 6.07 Å². The summed E-state index contributed by atoms with van der Waals surface area (Å²) in [6, 6.07) is 9.83. The normalized spacial score (nSPS) is 9.50. The largest absolute Gasteiger partial charge is 0.353 e. The number of halogens is 1. The fourth-order valence-corrected chi connectivity index (χ4v) is 1.33. The summed E-state index contributed by atoms with van der Waals surface area (Å²) >= 11 is 0. The van der Waals surface area contributed by atoms with Gasteiger partial charge in [0, 0.05) is 6.20 Å². The summed E-state index contributed by atoms with van der Waals surface area (Å²) in [4.78, 5) is 3.92. The lowest BCUT2D eigenvalue weighted by molar-refractivity contribution is 0.624. The number of nitrogens with zero attached hydrogens (tertiary/aromatic N) is 2. The maximum absolute atomic E-state index is 13.3. The molecule has 0 saturated heterocycles. The highest BCUT2D eigenvalue weighted by Crippen LogP contribution is 2.21. The van der Waals surface area contributed by atoms with Crippen LogP contribution in [0, 0.1) is 17.1 Å². The van der Waals surface area contributed by atoms with Gasteiger partial charge in [-0.05, 0) is 24.3 Å². The molecule has 2 rings (SSSR count). The van der Waals surface area contributed by atoms with Crippen LogP contribution in [0.5, 0.6) is 0 Å². The van der Waals surface area contributed by atoms with Gasteiger partial charge in [0.2, 0.25) is 0 Å². The average Bonchev–Trinajstić information content (AvgIpc) is 2.31. The zero-order valence-corrected chi connectivity index (χ0v) is 8.31. The summed E-state index contributed by atoms with van der Waals surface area (Å²) in [5.74, 6) is -0.531. The van der Waals surface area contributed by atoms with Gasteiger partial charge in [0.25, 0.3) is 0 Å². The first-order chi connectivity index (χ1) is 7.81. The minimum atomic E-state index is -0.531. The van der Waals surface area contributed by atoms with E-state index in [0.717, 1.165) is 0 Å². The molecule has 1 heterocycles. The molecule has 0 radical (unpaired) electrons. The predicted molar refractivity (Wildman–Crippen MR) is 58.6 cm³/mol. The third kappa shape index (κ3) is 1.98. The van der Waals surface area contributed by atoms with Crippen molar-refractivity contribution in [3.63, 3.8) is 0 Å². The molecular weight excluding hydrogens is 205 g/mol. The number of nitrogens with one attached hydrogen (secondary N) is 1. The van der Waals surface area contributed by atoms with Crippen molar-refractivity contribution < 1.29 is 4.39 Å². The van der Waals surface area contributed by atoms with Gasteiger partial charge in [0.15, 0.2) is 0 Å². The summed E-state index contributed by atoms with van der Waals surface area (Å²) in [6.45, 7) is 0. The van der Waals surface area contributed by atoms with Gasteiger partial charge in [-0.25, -0.2) is 4.39 Å². The monoisotopic (exact) mass is 213 g/mol. The Hall–Kier alpha value is -2.41. The molecule has 78 valence electrons. The van der Waals surface area contributed by atoms with Crippen LogP contribution in [0.2, 0.25) is 0 Å². The van der Waals surface area contributed by atoms with E-state index in [2.05, 4.69) is 10.3 Å². The minimum absolute atomic E-state index is 0.00588. The first kappa shape index (κ1) is 10.1. The van der Waals surface area contributed by atoms with Crippen LogP contribution >= 0.6 is 0 Å². The molecule has 16 heavy (non-hydrogen) atoms. The van der Waals surface area contributed by atoms with E-state index in [1.54, 1.807) is 36.7 Å². The van der Waals surface area contributed by atoms with E-state index >= 15 is 0 Å². The Balaban J connectivity index is 2.36. The predicted octanol–water partition coefficient (Wildman–Crippen LogP) is 2.84. The van der Waals surface area contributed by atoms with Crippen molar-refractivity contribution in [2.75, 3.05) is 5.32 Å². The van der Waals surface area contributed by atoms with Crippen LogP contribution in [0.4, 0.5) is 15.8 Å². The van der Waals surface area contributed by atoms with Gasteiger partial charge in [-0.1, -0.05) is 6.07 Å². The molecule has 0 spiro atoms. The molecule has 1 aromatic carbocycles. The Morgan fingerprint density at radius 1 is 1.25 bits per heavy atom. The molecule has 4 heteroatoms. The molecule has 0 bridgehead atoms. The highest BCUT2D eigenvalue weighted by Gasteiger charge is 2.07. The highest BCUT2D eigenvalue weighted by atomic mass is 19.1. The fourth-order valence-electron chi connectivity index (χ4n) is 1.33. The van der Waals surface area contributed by atoms with E-state index in [1.165, 1.54) is 6.07 Å². The molecular formula is C12H8FN3. The Bertz CT molecular complexity index is 532. The molecule has 0 fully saturated rings. The van der Waals surface area contributed by atoms with E-state index in [0.29, 0.717) is 11.4 Å². The van der Waals surface area contributed by atoms with Crippen LogP contribution in [0.25, 0.3) is 0 Å². The number of nitriles is 1. The van der Waals surface area contributed by atoms with Crippen molar-refractivity contribution in [1.29, 1.82) is 5.26 Å². The second kappa shape index (κ2) is 4.41. The summed E-state index contributed by atoms with van der Waals surface area (Å²) in [5, 5.41) is 11.8. The second-order valence-corrected chi connectivity index (χ2v) is 3.14. The average molecular weight is 213 g/mol. The third-order valence-electron chi connectivity index (χ3n) is 2.07. The fraction of sp³-hybridized carbons (Fsp3) is 0. The zero-order valence-electron chi connectivity index (χ0n) is 8.31. The lowest BCUT2D eigenvalue weighted by Crippen LogP contribution is -1.96. The van der Waals surface area contributed by atoms with Gasteiger partial charge in [-0.15, -0.1) is 0 Å². The van der Waals surface area contributed by atoms with E-state index in [-0.39, 0.29) is 5.56 Å². The van der Waals surface area contributed by atoms with Crippen molar-refractivity contribution in [1.82, 2.24) is 4.98 Å². The van der Waals surface area contributed by atoms with Gasteiger partial charge in [-0.2, -0.15) is 5.26 Å². The standard InChI is InChI=1S/C12H8FN3/c13-11-4-1-5-12(10(11)7-14)16-9-3-2-6-15-8-9/h1-6,8,16H. The Morgan fingerprint density at radius 3 is 2.81 bits per heavy atom. The van der Waals surface area contributed by atoms with Crippen LogP contribution < -0.4 is 5.32 Å². The molecule has 0 atom stereocenters. The third-order valence-corrected chi connectivity index (χ3v) is 2.07. The Morgan fingerprint density at radius 2 is 2.12 bits per heavy atom. The lowest BCUT2D eigenvalue weighted by atomic mass is 10.2. The summed E-state index contributed by atoms with van der Waals surface area (Å²) in [6.07, 6.45) is 3.24. The van der Waals surface area contributed by atoms with Crippen molar-refractivity contribution >= 4 is 11.4 Å². The van der Waals surface area contributed by atoms with Gasteiger partial charge in [-0.3, -0.25) is 4.98 Å². The van der Waals surface area contributed by atoms with Crippen LogP contribution in [-0.4, -0.2) is 4.98 Å². The van der Waals surface area contributed by atoms with Gasteiger partial charge < -0.3 is 5.32 Å². The molecule has 1 aromatic heterocycles. The molecule has 0 aliphatic heterocycles. The van der Waals surface area contributed by atoms with Crippen LogP contribution in [0.15, 0.2) is 42.7 Å². The smallest absolute Gasteiger partial charge is 0.143 e. The zero-order chi connectivity index (χ0) is 11.4. The number of pyridine rings is 1. The molecule has 0 saturated carbocycles. The molecule has 0 amide bonds. The van der Waals surface area contributed by atoms with E-state index in [9.17, 15) is 4.39 Å². The van der Waals surface area contributed by atoms with Crippen molar-refractivity contribution in [2.24, 2.45) is 0 Å². The highest BCUT2D eigenvalue weighted by molar-refractivity contribution is 5.66. The number of anilines is 2. The summed E-state index contributed by atoms with van der Waals surface area (Å²) < 4.78 is 13.3. The van der Waals surface area contributed by atoms with E-state index < -0.39 is 5.82 Å². The maximum Gasteiger partial charge on any atom is 0.143 e. The molecule has 0 aliphatic carbocycles. The molecule has 3 nitrogen and oxygen atoms in total. The summed E-state index contributed by atoms with van der Waals surface area (Å²) in [5.41, 5.74) is 1.16. The van der Waals surface area contributed by atoms with Crippen molar-refractivity contribution in [3.05, 3.63) is 54.1 Å². The number of aromatic nitrogens is 1. The molecule has 1 N–H and O–H groups in total. The first-order valence-corrected chi connectivity index (χ1v) is 4.67. The van der Waals surface area contributed by atoms with E-state index in [4.69, 9.17) is 5.26 Å². The van der Waals surface area contributed by atoms with Gasteiger partial charge >= 0.3 is 0 Å². The van der Waals surface area contributed by atoms with Crippen molar-refractivity contribution in [2.45, 2.75) is 0 Å². The Labute approximate surface area is 92.2 Å². The van der Waals surface area contributed by atoms with Crippen LogP contribution in [-0.2, 0) is 0 Å². The number of benzene rings is 1. The second-order valence-electron chi connectivity index (χ2n) is 3.14. The van der Waals surface area contributed by atoms with Crippen LogP contribution in [0.3, 0.4) is 0 Å². The molecule has 0 unspecified atom stereocenters. The molecule has 0 aliphatic rings. The maximum atomic E-state index is 13.3. The summed E-state index contributed by atoms with van der Waals surface area (Å²) in [7, 11) is 0. The lowest BCUT2D eigenvalue weighted by Gasteiger charge is -2.07. The quantitative estimate of drug-likeness (QED) is 0.834. The first-order valence-electron chi connectivity index (χ1n) is 4.67. The van der Waals surface area contributed by atoms with Crippen molar-refractivity contribution in [3.8, 4) is 6.07 Å². The number of rotatable bonds is 2. The van der Waals surface area contributed by atoms with Gasteiger partial charge in [0.1, 0.15) is 17.4 Å². The molecule has 2 aromatic rings. The number of hydrogen-bond acceptors (Lipinski definition) is 3. The van der Waals surface area contributed by atoms with Crippen LogP contribution in [0.1, 0.15) is 5.56 Å². The van der Waals surface area contributed by atoms with Gasteiger partial charge in [0.05, 0.1) is 17.6 Å². The minimum Gasteiger partial charge on any atom is -0.353 e. The number of hydrogen-bond donors (Lipinski definition) is 1.